The maximum Gasteiger partial charge on any atom is 0.307 e. The molecule has 0 amide bonds. The van der Waals surface area contributed by atoms with E-state index in [-0.39, 0.29) is 24.2 Å². The highest BCUT2D eigenvalue weighted by atomic mass is 19.1. The summed E-state index contributed by atoms with van der Waals surface area (Å²) in [7, 11) is 3.79. The molecule has 3 nitrogen and oxygen atoms in total. The van der Waals surface area contributed by atoms with Gasteiger partial charge in [-0.1, -0.05) is 6.07 Å². The Balaban J connectivity index is 2.94. The zero-order chi connectivity index (χ0) is 13.7. The van der Waals surface area contributed by atoms with E-state index in [0.29, 0.717) is 6.61 Å². The van der Waals surface area contributed by atoms with Crippen LogP contribution in [0.1, 0.15) is 30.5 Å². The summed E-state index contributed by atoms with van der Waals surface area (Å²) in [6.45, 7) is 4.01. The third kappa shape index (κ3) is 3.81. The van der Waals surface area contributed by atoms with Gasteiger partial charge < -0.3 is 9.64 Å². The van der Waals surface area contributed by atoms with Crippen molar-refractivity contribution < 1.29 is 13.9 Å². The minimum atomic E-state index is -0.259. The molecule has 18 heavy (non-hydrogen) atoms. The number of esters is 1. The zero-order valence-electron chi connectivity index (χ0n) is 11.4. The number of hydrogen-bond donors (Lipinski definition) is 0. The molecule has 1 atom stereocenters. The molecule has 0 saturated heterocycles. The summed E-state index contributed by atoms with van der Waals surface area (Å²) in [5.74, 6) is -0.496. The lowest BCUT2D eigenvalue weighted by Crippen LogP contribution is -2.24. The van der Waals surface area contributed by atoms with Crippen molar-refractivity contribution in [1.82, 2.24) is 4.90 Å². The molecule has 0 heterocycles. The van der Waals surface area contributed by atoms with Crippen LogP contribution in [0.4, 0.5) is 4.39 Å². The van der Waals surface area contributed by atoms with Crippen molar-refractivity contribution in [1.29, 1.82) is 0 Å². The van der Waals surface area contributed by atoms with Crippen molar-refractivity contribution in [2.45, 2.75) is 26.3 Å². The van der Waals surface area contributed by atoms with Crippen LogP contribution in [0.5, 0.6) is 0 Å². The van der Waals surface area contributed by atoms with Crippen LogP contribution in [0, 0.1) is 12.7 Å². The minimum absolute atomic E-state index is 0.0929. The Labute approximate surface area is 108 Å². The van der Waals surface area contributed by atoms with Crippen LogP contribution >= 0.6 is 0 Å². The second-order valence-corrected chi connectivity index (χ2v) is 4.49. The fraction of sp³-hybridized carbons (Fsp3) is 0.500. The third-order valence-corrected chi connectivity index (χ3v) is 2.88. The molecule has 100 valence electrons. The van der Waals surface area contributed by atoms with Gasteiger partial charge in [-0.2, -0.15) is 0 Å². The van der Waals surface area contributed by atoms with E-state index in [4.69, 9.17) is 4.74 Å². The maximum absolute atomic E-state index is 13.1. The van der Waals surface area contributed by atoms with Gasteiger partial charge in [0.2, 0.25) is 0 Å². The zero-order valence-corrected chi connectivity index (χ0v) is 11.4. The number of ether oxygens (including phenoxy) is 1. The minimum Gasteiger partial charge on any atom is -0.466 e. The summed E-state index contributed by atoms with van der Waals surface area (Å²) in [4.78, 5) is 13.5. The number of aryl methyl sites for hydroxylation is 1. The van der Waals surface area contributed by atoms with Gasteiger partial charge in [-0.3, -0.25) is 4.79 Å². The Hall–Kier alpha value is -1.42. The average molecular weight is 253 g/mol. The summed E-state index contributed by atoms with van der Waals surface area (Å²) in [6, 6.07) is 4.54. The molecule has 0 radical (unpaired) electrons. The van der Waals surface area contributed by atoms with Gasteiger partial charge >= 0.3 is 5.97 Å². The van der Waals surface area contributed by atoms with Crippen molar-refractivity contribution >= 4 is 5.97 Å². The first kappa shape index (κ1) is 14.6. The number of hydrogen-bond acceptors (Lipinski definition) is 3. The number of carbonyl (C=O) groups is 1. The van der Waals surface area contributed by atoms with Gasteiger partial charge in [0.1, 0.15) is 5.82 Å². The Morgan fingerprint density at radius 1 is 1.44 bits per heavy atom. The highest BCUT2D eigenvalue weighted by Crippen LogP contribution is 2.26. The highest BCUT2D eigenvalue weighted by Gasteiger charge is 2.20. The van der Waals surface area contributed by atoms with E-state index in [1.165, 1.54) is 12.1 Å². The van der Waals surface area contributed by atoms with Crippen LogP contribution in [0.15, 0.2) is 18.2 Å². The first-order valence-electron chi connectivity index (χ1n) is 6.03. The van der Waals surface area contributed by atoms with Crippen molar-refractivity contribution in [3.8, 4) is 0 Å². The molecule has 0 aromatic heterocycles. The van der Waals surface area contributed by atoms with Crippen LogP contribution in [-0.4, -0.2) is 31.6 Å². The summed E-state index contributed by atoms with van der Waals surface area (Å²) in [5.41, 5.74) is 1.80. The van der Waals surface area contributed by atoms with E-state index in [1.54, 1.807) is 13.0 Å². The fourth-order valence-electron chi connectivity index (χ4n) is 1.96. The van der Waals surface area contributed by atoms with E-state index in [1.807, 2.05) is 25.9 Å². The first-order chi connectivity index (χ1) is 8.45. The van der Waals surface area contributed by atoms with E-state index in [0.717, 1.165) is 11.1 Å². The number of nitrogens with zero attached hydrogens (tertiary/aromatic N) is 1. The molecule has 0 N–H and O–H groups in total. The van der Waals surface area contributed by atoms with Crippen LogP contribution in [-0.2, 0) is 9.53 Å². The van der Waals surface area contributed by atoms with Gasteiger partial charge in [-0.05, 0) is 51.2 Å². The van der Waals surface area contributed by atoms with Crippen LogP contribution in [0.25, 0.3) is 0 Å². The third-order valence-electron chi connectivity index (χ3n) is 2.88. The number of carbonyl (C=O) groups excluding carboxylic acids is 1. The number of benzene rings is 1. The van der Waals surface area contributed by atoms with Gasteiger partial charge in [-0.15, -0.1) is 0 Å². The molecule has 1 aromatic rings. The monoisotopic (exact) mass is 253 g/mol. The smallest absolute Gasteiger partial charge is 0.307 e. The topological polar surface area (TPSA) is 29.5 Å². The van der Waals surface area contributed by atoms with E-state index in [9.17, 15) is 9.18 Å². The summed E-state index contributed by atoms with van der Waals surface area (Å²) >= 11 is 0. The molecule has 0 aliphatic carbocycles. The Morgan fingerprint density at radius 2 is 2.11 bits per heavy atom. The maximum atomic E-state index is 13.1. The van der Waals surface area contributed by atoms with Gasteiger partial charge in [0, 0.05) is 6.04 Å². The normalized spacial score (nSPS) is 12.6. The lowest BCUT2D eigenvalue weighted by Gasteiger charge is -2.25. The highest BCUT2D eigenvalue weighted by molar-refractivity contribution is 5.70. The predicted molar refractivity (Wildman–Crippen MR) is 68.8 cm³/mol. The second kappa shape index (κ2) is 6.50. The molecule has 0 bridgehead atoms. The molecule has 0 fully saturated rings. The second-order valence-electron chi connectivity index (χ2n) is 4.49. The fourth-order valence-corrected chi connectivity index (χ4v) is 1.96. The molecule has 0 saturated carbocycles. The van der Waals surface area contributed by atoms with Crippen molar-refractivity contribution in [3.63, 3.8) is 0 Å². The van der Waals surface area contributed by atoms with Crippen molar-refractivity contribution in [3.05, 3.63) is 35.1 Å². The summed E-state index contributed by atoms with van der Waals surface area (Å²) in [5, 5.41) is 0. The van der Waals surface area contributed by atoms with Crippen LogP contribution in [0.2, 0.25) is 0 Å². The molecular weight excluding hydrogens is 233 g/mol. The number of rotatable bonds is 5. The lowest BCUT2D eigenvalue weighted by molar-refractivity contribution is -0.144. The molecular formula is C14H20FNO2. The summed E-state index contributed by atoms with van der Waals surface area (Å²) < 4.78 is 18.1. The standard InChI is InChI=1S/C14H20FNO2/c1-5-18-14(17)9-13(16(3)4)12-7-6-11(15)8-10(12)2/h6-8,13H,5,9H2,1-4H3. The molecule has 1 rings (SSSR count). The quantitative estimate of drug-likeness (QED) is 0.756. The predicted octanol–water partition coefficient (Wildman–Crippen LogP) is 2.69. The van der Waals surface area contributed by atoms with E-state index >= 15 is 0 Å². The molecule has 0 aliphatic heterocycles. The van der Waals surface area contributed by atoms with E-state index in [2.05, 4.69) is 0 Å². The molecule has 0 spiro atoms. The molecule has 4 heteroatoms. The Kier molecular flexibility index (Phi) is 5.28. The lowest BCUT2D eigenvalue weighted by atomic mass is 9.98. The summed E-state index contributed by atoms with van der Waals surface area (Å²) in [6.07, 6.45) is 0.271. The van der Waals surface area contributed by atoms with Gasteiger partial charge in [0.25, 0.3) is 0 Å². The largest absolute Gasteiger partial charge is 0.466 e. The first-order valence-corrected chi connectivity index (χ1v) is 6.03. The molecule has 1 unspecified atom stereocenters. The Morgan fingerprint density at radius 3 is 2.61 bits per heavy atom. The molecule has 0 aliphatic rings. The van der Waals surface area contributed by atoms with Gasteiger partial charge in [0.15, 0.2) is 0 Å². The van der Waals surface area contributed by atoms with Crippen LogP contribution < -0.4 is 0 Å². The van der Waals surface area contributed by atoms with Gasteiger partial charge in [-0.25, -0.2) is 4.39 Å². The van der Waals surface area contributed by atoms with E-state index < -0.39 is 0 Å². The van der Waals surface area contributed by atoms with Crippen LogP contribution in [0.3, 0.4) is 0 Å². The average Bonchev–Trinajstić information content (AvgIpc) is 2.27. The van der Waals surface area contributed by atoms with Crippen molar-refractivity contribution in [2.75, 3.05) is 20.7 Å². The number of halogens is 1. The SMILES string of the molecule is CCOC(=O)CC(c1ccc(F)cc1C)N(C)C. The molecule has 1 aromatic carbocycles. The van der Waals surface area contributed by atoms with Gasteiger partial charge in [0.05, 0.1) is 13.0 Å². The van der Waals surface area contributed by atoms with Crippen molar-refractivity contribution in [2.24, 2.45) is 0 Å². The Bertz CT molecular complexity index is 418.